The van der Waals surface area contributed by atoms with Crippen LogP contribution in [0.25, 0.3) is 0 Å². The first-order valence-corrected chi connectivity index (χ1v) is 7.02. The van der Waals surface area contributed by atoms with Crippen LogP contribution in [-0.2, 0) is 4.79 Å². The van der Waals surface area contributed by atoms with Gasteiger partial charge in [-0.1, -0.05) is 20.8 Å². The van der Waals surface area contributed by atoms with E-state index in [-0.39, 0.29) is 22.3 Å². The molecule has 0 saturated heterocycles. The third-order valence-corrected chi connectivity index (χ3v) is 6.22. The van der Waals surface area contributed by atoms with Crippen LogP contribution in [0.15, 0.2) is 0 Å². The first-order valence-electron chi connectivity index (χ1n) is 7.02. The minimum Gasteiger partial charge on any atom is -0.393 e. The Hall–Kier alpha value is -0.370. The van der Waals surface area contributed by atoms with Gasteiger partial charge < -0.3 is 5.11 Å². The van der Waals surface area contributed by atoms with Gasteiger partial charge in [-0.2, -0.15) is 0 Å². The number of aliphatic hydroxyl groups excluding tert-OH is 1. The van der Waals surface area contributed by atoms with Crippen molar-refractivity contribution in [3.05, 3.63) is 0 Å². The Morgan fingerprint density at radius 1 is 1.24 bits per heavy atom. The quantitative estimate of drug-likeness (QED) is 0.702. The van der Waals surface area contributed by atoms with Crippen molar-refractivity contribution >= 4 is 5.78 Å². The molecule has 2 heteroatoms. The van der Waals surface area contributed by atoms with Crippen LogP contribution in [0.3, 0.4) is 0 Å². The molecule has 17 heavy (non-hydrogen) atoms. The Bertz CT molecular complexity index is 373. The van der Waals surface area contributed by atoms with Gasteiger partial charge in [0.1, 0.15) is 5.78 Å². The number of fused-ring (bicyclic) bond motifs is 1. The van der Waals surface area contributed by atoms with Crippen molar-refractivity contribution in [3.8, 4) is 0 Å². The normalized spacial score (nSPS) is 52.4. The fourth-order valence-corrected chi connectivity index (χ4v) is 5.37. The Kier molecular flexibility index (Phi) is 2.16. The molecule has 0 aromatic carbocycles. The average Bonchev–Trinajstić information content (AvgIpc) is 2.41. The van der Waals surface area contributed by atoms with Gasteiger partial charge in [0.15, 0.2) is 0 Å². The number of Topliss-reactive ketones (excluding diaryl/α,β-unsaturated/α-hetero) is 1. The molecule has 0 aromatic heterocycles. The molecule has 3 aliphatic carbocycles. The van der Waals surface area contributed by atoms with E-state index in [1.807, 2.05) is 0 Å². The topological polar surface area (TPSA) is 37.3 Å². The summed E-state index contributed by atoms with van der Waals surface area (Å²) in [7, 11) is 0. The van der Waals surface area contributed by atoms with Gasteiger partial charge >= 0.3 is 0 Å². The number of aliphatic hydroxyl groups is 1. The maximum absolute atomic E-state index is 12.1. The summed E-state index contributed by atoms with van der Waals surface area (Å²) in [6, 6.07) is 0. The molecule has 1 spiro atoms. The van der Waals surface area contributed by atoms with E-state index in [4.69, 9.17) is 0 Å². The van der Waals surface area contributed by atoms with Crippen molar-refractivity contribution in [2.24, 2.45) is 22.2 Å². The molecule has 96 valence electrons. The average molecular weight is 236 g/mol. The standard InChI is InChI=1S/C15H24O2/c1-13(2)8-12(17)15-7-5-11(16)14(3,9-15)6-4-10(13)15/h10,12,17H,4-9H2,1-3H3. The lowest BCUT2D eigenvalue weighted by Gasteiger charge is -2.54. The van der Waals surface area contributed by atoms with Gasteiger partial charge in [0.2, 0.25) is 0 Å². The minimum atomic E-state index is -0.185. The van der Waals surface area contributed by atoms with Crippen molar-refractivity contribution in [2.75, 3.05) is 0 Å². The van der Waals surface area contributed by atoms with Gasteiger partial charge in [0.05, 0.1) is 6.10 Å². The first kappa shape index (κ1) is 11.7. The lowest BCUT2D eigenvalue weighted by atomic mass is 9.49. The molecular formula is C15H24O2. The van der Waals surface area contributed by atoms with E-state index >= 15 is 0 Å². The summed E-state index contributed by atoms with van der Waals surface area (Å²) in [5.41, 5.74) is 0.182. The monoisotopic (exact) mass is 236 g/mol. The van der Waals surface area contributed by atoms with Crippen LogP contribution in [0.1, 0.15) is 59.3 Å². The highest BCUT2D eigenvalue weighted by Crippen LogP contribution is 2.67. The van der Waals surface area contributed by atoms with Gasteiger partial charge in [-0.15, -0.1) is 0 Å². The summed E-state index contributed by atoms with van der Waals surface area (Å²) in [5, 5.41) is 10.6. The van der Waals surface area contributed by atoms with Crippen molar-refractivity contribution in [3.63, 3.8) is 0 Å². The molecule has 3 fully saturated rings. The molecule has 3 saturated carbocycles. The van der Waals surface area contributed by atoms with Gasteiger partial charge in [-0.05, 0) is 43.4 Å². The highest BCUT2D eigenvalue weighted by molar-refractivity contribution is 5.85. The zero-order valence-corrected chi connectivity index (χ0v) is 11.3. The molecule has 0 heterocycles. The van der Waals surface area contributed by atoms with E-state index in [1.165, 1.54) is 0 Å². The molecule has 0 aliphatic heterocycles. The molecule has 2 bridgehead atoms. The van der Waals surface area contributed by atoms with E-state index < -0.39 is 0 Å². The third kappa shape index (κ3) is 1.34. The summed E-state index contributed by atoms with van der Waals surface area (Å²) >= 11 is 0. The molecular weight excluding hydrogens is 212 g/mol. The molecule has 0 aromatic rings. The third-order valence-electron chi connectivity index (χ3n) is 6.22. The Morgan fingerprint density at radius 2 is 1.94 bits per heavy atom. The minimum absolute atomic E-state index is 0.0599. The van der Waals surface area contributed by atoms with Crippen molar-refractivity contribution in [2.45, 2.75) is 65.4 Å². The zero-order valence-electron chi connectivity index (χ0n) is 11.3. The molecule has 0 amide bonds. The molecule has 3 aliphatic rings. The Balaban J connectivity index is 2.03. The highest BCUT2D eigenvalue weighted by atomic mass is 16.3. The first-order chi connectivity index (χ1) is 7.80. The van der Waals surface area contributed by atoms with Crippen LogP contribution in [0.5, 0.6) is 0 Å². The number of carbonyl (C=O) groups is 1. The molecule has 4 unspecified atom stereocenters. The molecule has 2 nitrogen and oxygen atoms in total. The van der Waals surface area contributed by atoms with Crippen LogP contribution < -0.4 is 0 Å². The summed E-state index contributed by atoms with van der Waals surface area (Å²) in [4.78, 5) is 12.1. The van der Waals surface area contributed by atoms with E-state index in [1.54, 1.807) is 0 Å². The molecule has 3 rings (SSSR count). The van der Waals surface area contributed by atoms with Crippen LogP contribution in [0, 0.1) is 22.2 Å². The second-order valence-corrected chi connectivity index (χ2v) is 7.69. The van der Waals surface area contributed by atoms with E-state index in [0.717, 1.165) is 32.1 Å². The fraction of sp³-hybridized carbons (Fsp3) is 0.933. The maximum Gasteiger partial charge on any atom is 0.138 e. The predicted octanol–water partition coefficient (Wildman–Crippen LogP) is 2.93. The number of ketones is 1. The Labute approximate surface area is 104 Å². The van der Waals surface area contributed by atoms with Crippen LogP contribution in [0.4, 0.5) is 0 Å². The van der Waals surface area contributed by atoms with E-state index in [9.17, 15) is 9.90 Å². The zero-order chi connectivity index (χ0) is 12.5. The van der Waals surface area contributed by atoms with Gasteiger partial charge in [-0.25, -0.2) is 0 Å². The second-order valence-electron chi connectivity index (χ2n) is 7.69. The summed E-state index contributed by atoms with van der Waals surface area (Å²) in [5.74, 6) is 1.06. The number of hydrogen-bond donors (Lipinski definition) is 1. The van der Waals surface area contributed by atoms with Gasteiger partial charge in [0, 0.05) is 17.3 Å². The van der Waals surface area contributed by atoms with Gasteiger partial charge in [0.25, 0.3) is 0 Å². The van der Waals surface area contributed by atoms with Gasteiger partial charge in [-0.3, -0.25) is 4.79 Å². The molecule has 0 radical (unpaired) electrons. The van der Waals surface area contributed by atoms with Crippen molar-refractivity contribution in [1.82, 2.24) is 0 Å². The maximum atomic E-state index is 12.1. The summed E-state index contributed by atoms with van der Waals surface area (Å²) in [6.45, 7) is 6.73. The smallest absolute Gasteiger partial charge is 0.138 e. The highest BCUT2D eigenvalue weighted by Gasteiger charge is 2.64. The number of hydrogen-bond acceptors (Lipinski definition) is 2. The number of carbonyl (C=O) groups excluding carboxylic acids is 1. The van der Waals surface area contributed by atoms with Crippen LogP contribution in [-0.4, -0.2) is 17.0 Å². The molecule has 4 atom stereocenters. The summed E-state index contributed by atoms with van der Waals surface area (Å²) < 4.78 is 0. The summed E-state index contributed by atoms with van der Waals surface area (Å²) in [6.07, 6.45) is 5.46. The van der Waals surface area contributed by atoms with Crippen molar-refractivity contribution in [1.29, 1.82) is 0 Å². The lowest BCUT2D eigenvalue weighted by Crippen LogP contribution is -2.52. The predicted molar refractivity (Wildman–Crippen MR) is 66.5 cm³/mol. The Morgan fingerprint density at radius 3 is 2.65 bits per heavy atom. The number of rotatable bonds is 0. The van der Waals surface area contributed by atoms with Crippen LogP contribution in [0.2, 0.25) is 0 Å². The molecule has 1 N–H and O–H groups in total. The van der Waals surface area contributed by atoms with E-state index in [0.29, 0.717) is 18.1 Å². The lowest BCUT2D eigenvalue weighted by molar-refractivity contribution is -0.149. The largest absolute Gasteiger partial charge is 0.393 e. The fourth-order valence-electron chi connectivity index (χ4n) is 5.37. The second kappa shape index (κ2) is 3.14. The SMILES string of the molecule is CC12CCC3C(C)(C)CC(O)C3(CCC1=O)C2. The van der Waals surface area contributed by atoms with E-state index in [2.05, 4.69) is 20.8 Å². The van der Waals surface area contributed by atoms with Crippen LogP contribution >= 0.6 is 0 Å². The van der Waals surface area contributed by atoms with Crippen molar-refractivity contribution < 1.29 is 9.90 Å².